The van der Waals surface area contributed by atoms with Crippen molar-refractivity contribution in [1.82, 2.24) is 19.9 Å². The average molecular weight is 393 g/mol. The molecule has 2 aromatic rings. The molecule has 2 aliphatic heterocycles. The maximum Gasteiger partial charge on any atom is 0.259 e. The van der Waals surface area contributed by atoms with Gasteiger partial charge in [0.15, 0.2) is 0 Å². The van der Waals surface area contributed by atoms with Crippen LogP contribution in [0.15, 0.2) is 24.4 Å². The zero-order valence-electron chi connectivity index (χ0n) is 17.0. The van der Waals surface area contributed by atoms with E-state index in [1.807, 2.05) is 36.9 Å². The van der Waals surface area contributed by atoms with Gasteiger partial charge in [-0.3, -0.25) is 4.79 Å². The monoisotopic (exact) mass is 393 g/mol. The van der Waals surface area contributed by atoms with E-state index in [2.05, 4.69) is 19.9 Å². The van der Waals surface area contributed by atoms with Gasteiger partial charge in [-0.05, 0) is 63.1 Å². The highest BCUT2D eigenvalue weighted by molar-refractivity contribution is 5.96. The van der Waals surface area contributed by atoms with Crippen LogP contribution in [0.25, 0.3) is 0 Å². The highest BCUT2D eigenvalue weighted by Crippen LogP contribution is 2.34. The Morgan fingerprint density at radius 2 is 1.97 bits per heavy atom. The first-order valence-corrected chi connectivity index (χ1v) is 10.5. The summed E-state index contributed by atoms with van der Waals surface area (Å²) in [5, 5.41) is 0. The standard InChI is InChI=1S/C22H27N5O2/c1-14-8-15(2)25-22(24-14)27-11-17-9-18(27)12-26(10-17)21(28)19-4-3-7-23-20(19)29-13-16-5-6-16/h3-4,7-8,16-18H,5-6,9-13H2,1-2H3. The van der Waals surface area contributed by atoms with Gasteiger partial charge < -0.3 is 14.5 Å². The number of aryl methyl sites for hydroxylation is 2. The van der Waals surface area contributed by atoms with Crippen LogP contribution >= 0.6 is 0 Å². The maximum absolute atomic E-state index is 13.3. The van der Waals surface area contributed by atoms with Crippen molar-refractivity contribution in [3.05, 3.63) is 41.3 Å². The smallest absolute Gasteiger partial charge is 0.259 e. The summed E-state index contributed by atoms with van der Waals surface area (Å²) in [6.07, 6.45) is 5.19. The molecule has 2 unspecified atom stereocenters. The highest BCUT2D eigenvalue weighted by Gasteiger charge is 2.42. The Balaban J connectivity index is 1.33. The number of aromatic nitrogens is 3. The van der Waals surface area contributed by atoms with Crippen molar-refractivity contribution in [3.8, 4) is 5.88 Å². The van der Waals surface area contributed by atoms with Crippen molar-refractivity contribution in [3.63, 3.8) is 0 Å². The van der Waals surface area contributed by atoms with E-state index in [0.717, 1.165) is 36.8 Å². The van der Waals surface area contributed by atoms with Crippen LogP contribution in [0, 0.1) is 25.7 Å². The van der Waals surface area contributed by atoms with Crippen LogP contribution in [0.3, 0.4) is 0 Å². The van der Waals surface area contributed by atoms with Crippen molar-refractivity contribution in [2.24, 2.45) is 11.8 Å². The van der Waals surface area contributed by atoms with Gasteiger partial charge in [-0.2, -0.15) is 0 Å². The molecule has 1 aliphatic carbocycles. The van der Waals surface area contributed by atoms with E-state index in [4.69, 9.17) is 4.74 Å². The van der Waals surface area contributed by atoms with Crippen LogP contribution in [-0.2, 0) is 0 Å². The number of ether oxygens (including phenoxy) is 1. The predicted molar refractivity (Wildman–Crippen MR) is 109 cm³/mol. The van der Waals surface area contributed by atoms with Crippen LogP contribution in [0.2, 0.25) is 0 Å². The Bertz CT molecular complexity index is 909. The molecule has 0 aromatic carbocycles. The van der Waals surface area contributed by atoms with Crippen molar-refractivity contribution >= 4 is 11.9 Å². The van der Waals surface area contributed by atoms with E-state index in [1.54, 1.807) is 6.20 Å². The maximum atomic E-state index is 13.3. The fraction of sp³-hybridized carbons (Fsp3) is 0.545. The molecule has 7 nitrogen and oxygen atoms in total. The fourth-order valence-electron chi connectivity index (χ4n) is 4.53. The lowest BCUT2D eigenvalue weighted by molar-refractivity contribution is 0.0688. The molecular weight excluding hydrogens is 366 g/mol. The molecular formula is C22H27N5O2. The third kappa shape index (κ3) is 3.78. The van der Waals surface area contributed by atoms with E-state index >= 15 is 0 Å². The number of nitrogens with zero attached hydrogens (tertiary/aromatic N) is 5. The lowest BCUT2D eigenvalue weighted by atomic mass is 9.99. The minimum Gasteiger partial charge on any atom is -0.477 e. The van der Waals surface area contributed by atoms with E-state index in [9.17, 15) is 4.79 Å². The number of carbonyl (C=O) groups is 1. The number of likely N-dealkylation sites (tertiary alicyclic amines) is 1. The van der Waals surface area contributed by atoms with Gasteiger partial charge in [0, 0.05) is 43.3 Å². The number of piperidine rings is 1. The number of carbonyl (C=O) groups excluding carboxylic acids is 1. The fourth-order valence-corrected chi connectivity index (χ4v) is 4.53. The summed E-state index contributed by atoms with van der Waals surface area (Å²) in [5.41, 5.74) is 2.54. The molecule has 2 bridgehead atoms. The van der Waals surface area contributed by atoms with Crippen LogP contribution in [0.1, 0.15) is 41.0 Å². The molecule has 2 saturated heterocycles. The van der Waals surface area contributed by atoms with Crippen LogP contribution in [-0.4, -0.2) is 58.0 Å². The minimum atomic E-state index is 0.0155. The van der Waals surface area contributed by atoms with Gasteiger partial charge >= 0.3 is 0 Å². The number of hydrogen-bond donors (Lipinski definition) is 0. The molecule has 3 aliphatic rings. The third-order valence-corrected chi connectivity index (χ3v) is 6.08. The summed E-state index contributed by atoms with van der Waals surface area (Å²) in [7, 11) is 0. The number of hydrogen-bond acceptors (Lipinski definition) is 6. The summed E-state index contributed by atoms with van der Waals surface area (Å²) in [6.45, 7) is 7.00. The molecule has 0 radical (unpaired) electrons. The number of fused-ring (bicyclic) bond motifs is 2. The van der Waals surface area contributed by atoms with Crippen molar-refractivity contribution < 1.29 is 9.53 Å². The number of rotatable bonds is 5. The van der Waals surface area contributed by atoms with Gasteiger partial charge in [-0.1, -0.05) is 0 Å². The average Bonchev–Trinajstić information content (AvgIpc) is 3.49. The Morgan fingerprint density at radius 3 is 2.72 bits per heavy atom. The summed E-state index contributed by atoms with van der Waals surface area (Å²) >= 11 is 0. The SMILES string of the molecule is Cc1cc(C)nc(N2CC3CC2CN(C(=O)c2cccnc2OCC2CC2)C3)n1. The molecule has 29 heavy (non-hydrogen) atoms. The second-order valence-electron chi connectivity index (χ2n) is 8.68. The highest BCUT2D eigenvalue weighted by atomic mass is 16.5. The first-order chi connectivity index (χ1) is 14.1. The zero-order chi connectivity index (χ0) is 20.0. The van der Waals surface area contributed by atoms with E-state index in [1.165, 1.54) is 12.8 Å². The minimum absolute atomic E-state index is 0.0155. The first kappa shape index (κ1) is 18.3. The van der Waals surface area contributed by atoms with Gasteiger partial charge in [0.1, 0.15) is 5.56 Å². The summed E-state index contributed by atoms with van der Waals surface area (Å²) in [6, 6.07) is 5.89. The molecule has 5 rings (SSSR count). The molecule has 0 N–H and O–H groups in total. The molecule has 2 aromatic heterocycles. The summed E-state index contributed by atoms with van der Waals surface area (Å²) in [5.74, 6) is 2.34. The Hall–Kier alpha value is -2.70. The van der Waals surface area contributed by atoms with Crippen molar-refractivity contribution in [2.75, 3.05) is 31.1 Å². The topological polar surface area (TPSA) is 71.5 Å². The predicted octanol–water partition coefficient (Wildman–Crippen LogP) is 2.63. The summed E-state index contributed by atoms with van der Waals surface area (Å²) < 4.78 is 5.87. The van der Waals surface area contributed by atoms with Gasteiger partial charge in [-0.25, -0.2) is 15.0 Å². The zero-order valence-corrected chi connectivity index (χ0v) is 17.0. The van der Waals surface area contributed by atoms with Gasteiger partial charge in [0.05, 0.1) is 6.61 Å². The second kappa shape index (κ2) is 7.28. The van der Waals surface area contributed by atoms with E-state index < -0.39 is 0 Å². The molecule has 1 amide bonds. The van der Waals surface area contributed by atoms with Crippen LogP contribution in [0.4, 0.5) is 5.95 Å². The summed E-state index contributed by atoms with van der Waals surface area (Å²) in [4.78, 5) is 31.2. The lowest BCUT2D eigenvalue weighted by Crippen LogP contribution is -2.45. The molecule has 7 heteroatoms. The van der Waals surface area contributed by atoms with E-state index in [0.29, 0.717) is 36.4 Å². The molecule has 0 spiro atoms. The Kier molecular flexibility index (Phi) is 4.60. The van der Waals surface area contributed by atoms with Gasteiger partial charge in [0.2, 0.25) is 11.8 Å². The number of anilines is 1. The first-order valence-electron chi connectivity index (χ1n) is 10.5. The van der Waals surface area contributed by atoms with E-state index in [-0.39, 0.29) is 11.9 Å². The Morgan fingerprint density at radius 1 is 1.17 bits per heavy atom. The van der Waals surface area contributed by atoms with Crippen LogP contribution < -0.4 is 9.64 Å². The molecule has 3 fully saturated rings. The Labute approximate surface area is 171 Å². The molecule has 4 heterocycles. The molecule has 152 valence electrons. The van der Waals surface area contributed by atoms with Crippen molar-refractivity contribution in [1.29, 1.82) is 0 Å². The lowest BCUT2D eigenvalue weighted by Gasteiger charge is -2.33. The van der Waals surface area contributed by atoms with Crippen molar-refractivity contribution in [2.45, 2.75) is 39.2 Å². The molecule has 2 atom stereocenters. The second-order valence-corrected chi connectivity index (χ2v) is 8.68. The van der Waals surface area contributed by atoms with Gasteiger partial charge in [-0.15, -0.1) is 0 Å². The number of pyridine rings is 1. The normalized spacial score (nSPS) is 23.4. The van der Waals surface area contributed by atoms with Gasteiger partial charge in [0.25, 0.3) is 5.91 Å². The van der Waals surface area contributed by atoms with Crippen LogP contribution in [0.5, 0.6) is 5.88 Å². The quantitative estimate of drug-likeness (QED) is 0.778. The number of amides is 1. The largest absolute Gasteiger partial charge is 0.477 e. The molecule has 1 saturated carbocycles. The third-order valence-electron chi connectivity index (χ3n) is 6.08.